The Bertz CT molecular complexity index is 569. The quantitative estimate of drug-likeness (QED) is 0.559. The van der Waals surface area contributed by atoms with E-state index in [-0.39, 0.29) is 22.7 Å². The third-order valence-electron chi connectivity index (χ3n) is 2.33. The molecular weight excluding hydrogens is 274 g/mol. The van der Waals surface area contributed by atoms with E-state index in [0.29, 0.717) is 0 Å². The van der Waals surface area contributed by atoms with Crippen molar-refractivity contribution >= 4 is 21.5 Å². The smallest absolute Gasteiger partial charge is 0.335 e. The minimum atomic E-state index is -3.54. The first-order chi connectivity index (χ1) is 8.74. The molecule has 4 N–H and O–H groups in total. The van der Waals surface area contributed by atoms with E-state index in [9.17, 15) is 18.3 Å². The third-order valence-corrected chi connectivity index (χ3v) is 3.43. The molecule has 0 aliphatic carbocycles. The Morgan fingerprint density at radius 1 is 1.37 bits per heavy atom. The third kappa shape index (κ3) is 4.51. The van der Waals surface area contributed by atoms with Gasteiger partial charge in [0.1, 0.15) is 0 Å². The molecule has 8 heteroatoms. The Balaban J connectivity index is 3.11. The van der Waals surface area contributed by atoms with Gasteiger partial charge in [0.05, 0.1) is 23.2 Å². The molecule has 1 rings (SSSR count). The van der Waals surface area contributed by atoms with Crippen molar-refractivity contribution in [3.8, 4) is 0 Å². The summed E-state index contributed by atoms with van der Waals surface area (Å²) in [5.41, 5.74) is 0.0664. The number of hydrogen-bond donors (Lipinski definition) is 4. The molecule has 1 aromatic rings. The van der Waals surface area contributed by atoms with Gasteiger partial charge in [-0.3, -0.25) is 0 Å². The minimum absolute atomic E-state index is 0.0250. The molecule has 0 saturated carbocycles. The molecule has 0 amide bonds. The Morgan fingerprint density at radius 3 is 2.47 bits per heavy atom. The lowest BCUT2D eigenvalue weighted by Crippen LogP contribution is -2.23. The van der Waals surface area contributed by atoms with E-state index in [4.69, 9.17) is 10.2 Å². The van der Waals surface area contributed by atoms with E-state index in [2.05, 4.69) is 5.32 Å². The van der Waals surface area contributed by atoms with Crippen LogP contribution in [0.1, 0.15) is 10.4 Å². The molecule has 0 bridgehead atoms. The molecule has 1 aromatic carbocycles. The fourth-order valence-electron chi connectivity index (χ4n) is 1.34. The number of nitrogens with one attached hydrogen (secondary N) is 1. The van der Waals surface area contributed by atoms with E-state index < -0.39 is 28.5 Å². The maximum Gasteiger partial charge on any atom is 0.335 e. The number of hydrogen-bond acceptors (Lipinski definition) is 6. The van der Waals surface area contributed by atoms with E-state index in [1.807, 2.05) is 0 Å². The van der Waals surface area contributed by atoms with Crippen molar-refractivity contribution in [2.45, 2.75) is 11.0 Å². The van der Waals surface area contributed by atoms with Crippen molar-refractivity contribution in [2.24, 2.45) is 0 Å². The zero-order valence-corrected chi connectivity index (χ0v) is 11.0. The summed E-state index contributed by atoms with van der Waals surface area (Å²) in [6, 6.07) is 3.58. The van der Waals surface area contributed by atoms with Crippen molar-refractivity contribution in [1.82, 2.24) is 0 Å². The zero-order chi connectivity index (χ0) is 14.6. The van der Waals surface area contributed by atoms with Crippen LogP contribution in [-0.2, 0) is 9.84 Å². The Hall–Kier alpha value is -1.64. The lowest BCUT2D eigenvalue weighted by molar-refractivity contribution is 0.0696. The van der Waals surface area contributed by atoms with Gasteiger partial charge in [-0.25, -0.2) is 13.2 Å². The minimum Gasteiger partial charge on any atom is -0.478 e. The highest BCUT2D eigenvalue weighted by Crippen LogP contribution is 2.19. The van der Waals surface area contributed by atoms with E-state index in [1.165, 1.54) is 12.1 Å². The summed E-state index contributed by atoms with van der Waals surface area (Å²) in [6.07, 6.45) is -0.0458. The van der Waals surface area contributed by atoms with Crippen LogP contribution in [0.25, 0.3) is 0 Å². The number of carbonyl (C=O) groups is 1. The van der Waals surface area contributed by atoms with Crippen molar-refractivity contribution in [2.75, 3.05) is 24.7 Å². The van der Waals surface area contributed by atoms with Gasteiger partial charge in [-0.15, -0.1) is 0 Å². The van der Waals surface area contributed by atoms with Crippen LogP contribution >= 0.6 is 0 Å². The summed E-state index contributed by atoms with van der Waals surface area (Å²) in [5, 5.41) is 29.4. The summed E-state index contributed by atoms with van der Waals surface area (Å²) in [5.74, 6) is -1.25. The molecule has 7 nitrogen and oxygen atoms in total. The summed E-state index contributed by atoms with van der Waals surface area (Å²) in [6.45, 7) is -0.479. The van der Waals surface area contributed by atoms with Gasteiger partial charge in [0.25, 0.3) is 0 Å². The number of aromatic carboxylic acids is 1. The lowest BCUT2D eigenvalue weighted by Gasteiger charge is -2.12. The van der Waals surface area contributed by atoms with Crippen LogP contribution in [0.5, 0.6) is 0 Å². The summed E-state index contributed by atoms with van der Waals surface area (Å²) in [7, 11) is -3.54. The Labute approximate surface area is 110 Å². The van der Waals surface area contributed by atoms with Crippen molar-refractivity contribution in [3.63, 3.8) is 0 Å². The molecule has 106 valence electrons. The summed E-state index contributed by atoms with van der Waals surface area (Å²) >= 11 is 0. The second-order valence-corrected chi connectivity index (χ2v) is 6.06. The van der Waals surface area contributed by atoms with Gasteiger partial charge in [-0.05, 0) is 18.2 Å². The number of benzene rings is 1. The molecule has 0 saturated heterocycles. The van der Waals surface area contributed by atoms with Crippen LogP contribution < -0.4 is 5.32 Å². The van der Waals surface area contributed by atoms with Gasteiger partial charge < -0.3 is 20.6 Å². The number of sulfone groups is 1. The average molecular weight is 289 g/mol. The van der Waals surface area contributed by atoms with Gasteiger partial charge >= 0.3 is 5.97 Å². The first kappa shape index (κ1) is 15.4. The molecule has 0 spiro atoms. The van der Waals surface area contributed by atoms with Gasteiger partial charge in [0.15, 0.2) is 9.84 Å². The summed E-state index contributed by atoms with van der Waals surface area (Å²) in [4.78, 5) is 10.8. The highest BCUT2D eigenvalue weighted by molar-refractivity contribution is 7.90. The largest absolute Gasteiger partial charge is 0.478 e. The monoisotopic (exact) mass is 289 g/mol. The van der Waals surface area contributed by atoms with Crippen LogP contribution in [0, 0.1) is 0 Å². The average Bonchev–Trinajstić information content (AvgIpc) is 2.34. The summed E-state index contributed by atoms with van der Waals surface area (Å²) < 4.78 is 22.9. The van der Waals surface area contributed by atoms with Crippen LogP contribution in [0.2, 0.25) is 0 Å². The van der Waals surface area contributed by atoms with Gasteiger partial charge in [0, 0.05) is 18.5 Å². The standard InChI is InChI=1S/C11H15NO6S/c1-19(17,18)10-3-7(11(15)16)2-8(4-10)12-5-9(14)6-13/h2-4,9,12-14H,5-6H2,1H3,(H,15,16). The number of aliphatic hydroxyl groups is 2. The number of aliphatic hydroxyl groups excluding tert-OH is 2. The molecular formula is C11H15NO6S. The molecule has 1 unspecified atom stereocenters. The van der Waals surface area contributed by atoms with Crippen molar-refractivity contribution in [1.29, 1.82) is 0 Å². The molecule has 0 radical (unpaired) electrons. The number of carboxylic acids is 1. The first-order valence-corrected chi connectivity index (χ1v) is 7.24. The fraction of sp³-hybridized carbons (Fsp3) is 0.364. The van der Waals surface area contributed by atoms with Gasteiger partial charge in [-0.2, -0.15) is 0 Å². The number of rotatable bonds is 6. The normalized spacial score (nSPS) is 13.0. The second-order valence-electron chi connectivity index (χ2n) is 4.04. The topological polar surface area (TPSA) is 124 Å². The van der Waals surface area contributed by atoms with Crippen molar-refractivity contribution in [3.05, 3.63) is 23.8 Å². The SMILES string of the molecule is CS(=O)(=O)c1cc(NCC(O)CO)cc(C(=O)O)c1. The number of carboxylic acid groups (broad SMARTS) is 1. The molecule has 0 heterocycles. The van der Waals surface area contributed by atoms with E-state index in [1.54, 1.807) is 0 Å². The molecule has 0 fully saturated rings. The van der Waals surface area contributed by atoms with Crippen LogP contribution in [0.15, 0.2) is 23.1 Å². The van der Waals surface area contributed by atoms with Crippen LogP contribution in [-0.4, -0.2) is 55.2 Å². The Morgan fingerprint density at radius 2 is 2.00 bits per heavy atom. The predicted molar refractivity (Wildman–Crippen MR) is 68.1 cm³/mol. The predicted octanol–water partition coefficient (Wildman–Crippen LogP) is -0.447. The van der Waals surface area contributed by atoms with Gasteiger partial charge in [0.2, 0.25) is 0 Å². The molecule has 0 aliphatic rings. The maximum absolute atomic E-state index is 11.4. The van der Waals surface area contributed by atoms with Gasteiger partial charge in [-0.1, -0.05) is 0 Å². The highest BCUT2D eigenvalue weighted by atomic mass is 32.2. The zero-order valence-electron chi connectivity index (χ0n) is 10.2. The fourth-order valence-corrected chi connectivity index (χ4v) is 2.02. The Kier molecular flexibility index (Phi) is 4.87. The molecule has 0 aliphatic heterocycles. The lowest BCUT2D eigenvalue weighted by atomic mass is 10.2. The number of anilines is 1. The van der Waals surface area contributed by atoms with Crippen LogP contribution in [0.4, 0.5) is 5.69 Å². The molecule has 1 atom stereocenters. The molecule has 0 aromatic heterocycles. The van der Waals surface area contributed by atoms with Crippen LogP contribution in [0.3, 0.4) is 0 Å². The van der Waals surface area contributed by atoms with Crippen molar-refractivity contribution < 1.29 is 28.5 Å². The highest BCUT2D eigenvalue weighted by Gasteiger charge is 2.14. The first-order valence-electron chi connectivity index (χ1n) is 5.35. The van der Waals surface area contributed by atoms with E-state index >= 15 is 0 Å². The second kappa shape index (κ2) is 6.00. The molecule has 19 heavy (non-hydrogen) atoms. The maximum atomic E-state index is 11.4. The van der Waals surface area contributed by atoms with E-state index in [0.717, 1.165) is 12.3 Å².